The van der Waals surface area contributed by atoms with Gasteiger partial charge in [-0.15, -0.1) is 0 Å². The van der Waals surface area contributed by atoms with E-state index in [0.29, 0.717) is 11.5 Å². The van der Waals surface area contributed by atoms with Gasteiger partial charge in [0.25, 0.3) is 0 Å². The highest BCUT2D eigenvalue weighted by Gasteiger charge is 2.26. The number of aromatic hydroxyl groups is 2. The first kappa shape index (κ1) is 32.3. The predicted molar refractivity (Wildman–Crippen MR) is 192 cm³/mol. The Balaban J connectivity index is 0.000000232. The zero-order valence-corrected chi connectivity index (χ0v) is 27.2. The summed E-state index contributed by atoms with van der Waals surface area (Å²) in [4.78, 5) is 0. The van der Waals surface area contributed by atoms with Crippen molar-refractivity contribution in [2.45, 2.75) is 51.4 Å². The summed E-state index contributed by atoms with van der Waals surface area (Å²) in [5.41, 5.74) is 9.50. The Bertz CT molecular complexity index is 1800. The Morgan fingerprint density at radius 2 is 0.652 bits per heavy atom. The largest absolute Gasteiger partial charge is 0.508 e. The van der Waals surface area contributed by atoms with Crippen molar-refractivity contribution in [3.63, 3.8) is 0 Å². The van der Waals surface area contributed by atoms with Crippen molar-refractivity contribution in [2.24, 2.45) is 0 Å². The molecule has 46 heavy (non-hydrogen) atoms. The first-order valence-electron chi connectivity index (χ1n) is 16.2. The van der Waals surface area contributed by atoms with Crippen LogP contribution in [0.3, 0.4) is 0 Å². The van der Waals surface area contributed by atoms with Crippen molar-refractivity contribution < 1.29 is 10.2 Å². The fourth-order valence-corrected chi connectivity index (χ4v) is 6.47. The van der Waals surface area contributed by atoms with Gasteiger partial charge >= 0.3 is 0 Å². The van der Waals surface area contributed by atoms with Gasteiger partial charge in [-0.25, -0.2) is 0 Å². The Morgan fingerprint density at radius 1 is 0.304 bits per heavy atom. The number of rotatable bonds is 8. The second-order valence-corrected chi connectivity index (χ2v) is 12.1. The number of benzene rings is 6. The number of hydrogen-bond donors (Lipinski definition) is 2. The van der Waals surface area contributed by atoms with Crippen LogP contribution in [-0.4, -0.2) is 10.2 Å². The molecule has 0 aliphatic rings. The van der Waals surface area contributed by atoms with Gasteiger partial charge in [0.2, 0.25) is 0 Å². The minimum Gasteiger partial charge on any atom is -0.508 e. The molecule has 6 aromatic carbocycles. The second-order valence-electron chi connectivity index (χ2n) is 12.1. The molecule has 0 fully saturated rings. The van der Waals surface area contributed by atoms with Gasteiger partial charge in [0.05, 0.1) is 0 Å². The maximum absolute atomic E-state index is 11.1. The molecule has 0 bridgehead atoms. The lowest BCUT2D eigenvalue weighted by atomic mass is 9.76. The first-order valence-corrected chi connectivity index (χ1v) is 16.2. The van der Waals surface area contributed by atoms with E-state index in [4.69, 9.17) is 0 Å². The number of para-hydroxylation sites is 1. The molecule has 0 aliphatic heterocycles. The number of phenolic OH excluding ortho intramolecular Hbond substituents is 2. The predicted octanol–water partition coefficient (Wildman–Crippen LogP) is 11.4. The monoisotopic (exact) mass is 604 g/mol. The smallest absolute Gasteiger partial charge is 0.119 e. The molecular formula is C44H44O2. The van der Waals surface area contributed by atoms with E-state index in [1.165, 1.54) is 33.4 Å². The van der Waals surface area contributed by atoms with Crippen molar-refractivity contribution in [3.05, 3.63) is 202 Å². The van der Waals surface area contributed by atoms with Gasteiger partial charge in [-0.2, -0.15) is 0 Å². The third-order valence-electron chi connectivity index (χ3n) is 9.23. The van der Waals surface area contributed by atoms with Crippen molar-refractivity contribution in [3.8, 4) is 11.5 Å². The average Bonchev–Trinajstić information content (AvgIpc) is 3.12. The van der Waals surface area contributed by atoms with Crippen molar-refractivity contribution in [2.75, 3.05) is 0 Å². The molecule has 2 heteroatoms. The molecule has 232 valence electrons. The van der Waals surface area contributed by atoms with E-state index < -0.39 is 0 Å². The SMILES string of the molecule is CC(c1ccccc1)c1ccc(O)c(C(C)c2ccccc2)c1C(C)c1ccccc1.CC(c1ccccc1)c1ccccc1O. The fourth-order valence-electron chi connectivity index (χ4n) is 6.47. The Kier molecular flexibility index (Phi) is 10.7. The molecule has 0 aliphatic carbocycles. The second kappa shape index (κ2) is 15.3. The molecule has 0 spiro atoms. The average molecular weight is 605 g/mol. The summed E-state index contributed by atoms with van der Waals surface area (Å²) in [5, 5.41) is 20.8. The van der Waals surface area contributed by atoms with E-state index in [2.05, 4.69) is 131 Å². The zero-order valence-electron chi connectivity index (χ0n) is 27.2. The van der Waals surface area contributed by atoms with Gasteiger partial charge < -0.3 is 10.2 Å². The summed E-state index contributed by atoms with van der Waals surface area (Å²) < 4.78 is 0. The van der Waals surface area contributed by atoms with Gasteiger partial charge in [0, 0.05) is 34.8 Å². The van der Waals surface area contributed by atoms with Crippen LogP contribution >= 0.6 is 0 Å². The van der Waals surface area contributed by atoms with Crippen LogP contribution in [0.25, 0.3) is 0 Å². The lowest BCUT2D eigenvalue weighted by molar-refractivity contribution is 0.463. The van der Waals surface area contributed by atoms with Crippen LogP contribution in [-0.2, 0) is 0 Å². The molecular weight excluding hydrogens is 560 g/mol. The van der Waals surface area contributed by atoms with Crippen molar-refractivity contribution in [1.82, 2.24) is 0 Å². The molecule has 2 nitrogen and oxygen atoms in total. The summed E-state index contributed by atoms with van der Waals surface area (Å²) in [7, 11) is 0. The van der Waals surface area contributed by atoms with E-state index in [1.807, 2.05) is 48.5 Å². The molecule has 4 unspecified atom stereocenters. The Morgan fingerprint density at radius 3 is 1.09 bits per heavy atom. The van der Waals surface area contributed by atoms with E-state index in [1.54, 1.807) is 6.07 Å². The number of hydrogen-bond acceptors (Lipinski definition) is 2. The molecule has 2 N–H and O–H groups in total. The minimum atomic E-state index is 0.0882. The Hall–Kier alpha value is -5.08. The summed E-state index contributed by atoms with van der Waals surface area (Å²) in [6, 6.07) is 53.4. The van der Waals surface area contributed by atoms with Crippen molar-refractivity contribution in [1.29, 1.82) is 0 Å². The summed E-state index contributed by atoms with van der Waals surface area (Å²) >= 11 is 0. The molecule has 0 amide bonds. The lowest BCUT2D eigenvalue weighted by Gasteiger charge is -2.28. The third kappa shape index (κ3) is 7.41. The van der Waals surface area contributed by atoms with Crippen LogP contribution in [0.5, 0.6) is 11.5 Å². The molecule has 6 aromatic rings. The molecule has 0 radical (unpaired) electrons. The molecule has 0 aromatic heterocycles. The van der Waals surface area contributed by atoms with Gasteiger partial charge in [0.1, 0.15) is 11.5 Å². The topological polar surface area (TPSA) is 40.5 Å². The first-order chi connectivity index (χ1) is 22.4. The standard InChI is InChI=1S/C30H30O.C14H14O/c1-21(24-13-7-4-8-14-24)27-19-20-28(31)30(23(3)26-17-11-6-12-18-26)29(27)22(2)25-15-9-5-10-16-25;1-11(12-7-3-2-4-8-12)13-9-5-6-10-14(13)15/h4-23,31H,1-3H3;2-11,15H,1H3. The molecule has 0 heterocycles. The van der Waals surface area contributed by atoms with E-state index >= 15 is 0 Å². The lowest BCUT2D eigenvalue weighted by Crippen LogP contribution is -2.12. The van der Waals surface area contributed by atoms with Gasteiger partial charge in [-0.3, -0.25) is 0 Å². The van der Waals surface area contributed by atoms with Crippen LogP contribution in [0.2, 0.25) is 0 Å². The van der Waals surface area contributed by atoms with Crippen LogP contribution in [0.15, 0.2) is 158 Å². The van der Waals surface area contributed by atoms with Gasteiger partial charge in [-0.05, 0) is 45.5 Å². The summed E-state index contributed by atoms with van der Waals surface area (Å²) in [6.45, 7) is 8.82. The number of phenols is 2. The normalized spacial score (nSPS) is 13.5. The molecule has 0 saturated heterocycles. The fraction of sp³-hybridized carbons (Fsp3) is 0.182. The highest BCUT2D eigenvalue weighted by Crippen LogP contribution is 2.44. The minimum absolute atomic E-state index is 0.0882. The van der Waals surface area contributed by atoms with Crippen LogP contribution in [0.4, 0.5) is 0 Å². The van der Waals surface area contributed by atoms with Crippen LogP contribution in [0, 0.1) is 0 Å². The third-order valence-corrected chi connectivity index (χ3v) is 9.23. The molecule has 0 saturated carbocycles. The van der Waals surface area contributed by atoms with Crippen molar-refractivity contribution >= 4 is 0 Å². The molecule has 6 rings (SSSR count). The highest BCUT2D eigenvalue weighted by atomic mass is 16.3. The summed E-state index contributed by atoms with van der Waals surface area (Å²) in [6.07, 6.45) is 0. The maximum atomic E-state index is 11.1. The Labute approximate surface area is 274 Å². The van der Waals surface area contributed by atoms with Gasteiger partial charge in [-0.1, -0.05) is 173 Å². The van der Waals surface area contributed by atoms with E-state index in [-0.39, 0.29) is 23.7 Å². The van der Waals surface area contributed by atoms with E-state index in [9.17, 15) is 10.2 Å². The summed E-state index contributed by atoms with van der Waals surface area (Å²) in [5.74, 6) is 1.45. The molecule has 4 atom stereocenters. The van der Waals surface area contributed by atoms with Crippen LogP contribution < -0.4 is 0 Å². The maximum Gasteiger partial charge on any atom is 0.119 e. The van der Waals surface area contributed by atoms with E-state index in [0.717, 1.165) is 11.1 Å². The highest BCUT2D eigenvalue weighted by molar-refractivity contribution is 5.55. The van der Waals surface area contributed by atoms with Gasteiger partial charge in [0.15, 0.2) is 0 Å². The zero-order chi connectivity index (χ0) is 32.5. The quantitative estimate of drug-likeness (QED) is 0.181. The van der Waals surface area contributed by atoms with Crippen LogP contribution in [0.1, 0.15) is 95.9 Å².